The van der Waals surface area contributed by atoms with Crippen molar-refractivity contribution in [2.45, 2.75) is 82.0 Å². The van der Waals surface area contributed by atoms with Gasteiger partial charge < -0.3 is 15.2 Å². The molecule has 2 saturated heterocycles. The summed E-state index contributed by atoms with van der Waals surface area (Å²) in [7, 11) is 0. The van der Waals surface area contributed by atoms with E-state index in [-0.39, 0.29) is 5.60 Å². The second-order valence-corrected chi connectivity index (χ2v) is 6.87. The number of hydrogen-bond acceptors (Lipinski definition) is 3. The Balaban J connectivity index is 1.47. The normalized spacial score (nSPS) is 35.8. The lowest BCUT2D eigenvalue weighted by Crippen LogP contribution is -2.44. The van der Waals surface area contributed by atoms with Crippen molar-refractivity contribution in [3.05, 3.63) is 0 Å². The molecule has 1 spiro atoms. The number of hydrogen-bond donors (Lipinski definition) is 1. The minimum Gasteiger partial charge on any atom is -0.378 e. The van der Waals surface area contributed by atoms with Gasteiger partial charge in [0.25, 0.3) is 0 Å². The number of ether oxygens (including phenoxy) is 2. The van der Waals surface area contributed by atoms with Crippen LogP contribution in [-0.2, 0) is 9.47 Å². The van der Waals surface area contributed by atoms with Crippen LogP contribution < -0.4 is 5.73 Å². The molecule has 0 aromatic heterocycles. The Bertz CT molecular complexity index is 282. The Morgan fingerprint density at radius 2 is 1.95 bits per heavy atom. The first-order chi connectivity index (χ1) is 9.27. The van der Waals surface area contributed by atoms with Gasteiger partial charge in [0.05, 0.1) is 11.7 Å². The third-order valence-corrected chi connectivity index (χ3v) is 5.50. The minimum atomic E-state index is 0.213. The van der Waals surface area contributed by atoms with Gasteiger partial charge in [0, 0.05) is 19.3 Å². The van der Waals surface area contributed by atoms with Crippen molar-refractivity contribution < 1.29 is 9.47 Å². The Morgan fingerprint density at radius 1 is 1.11 bits per heavy atom. The molecule has 3 unspecified atom stereocenters. The van der Waals surface area contributed by atoms with Crippen LogP contribution in [0.3, 0.4) is 0 Å². The molecular weight excluding hydrogens is 238 g/mol. The van der Waals surface area contributed by atoms with Crippen molar-refractivity contribution >= 4 is 0 Å². The van der Waals surface area contributed by atoms with Crippen molar-refractivity contribution in [1.82, 2.24) is 0 Å². The van der Waals surface area contributed by atoms with Crippen molar-refractivity contribution in [3.8, 4) is 0 Å². The first-order valence-corrected chi connectivity index (χ1v) is 8.29. The monoisotopic (exact) mass is 267 g/mol. The maximum absolute atomic E-state index is 6.47. The first-order valence-electron chi connectivity index (χ1n) is 8.29. The van der Waals surface area contributed by atoms with Crippen LogP contribution in [0.15, 0.2) is 0 Å². The van der Waals surface area contributed by atoms with E-state index in [1.807, 2.05) is 0 Å². The lowest BCUT2D eigenvalue weighted by Gasteiger charge is -2.40. The molecule has 0 radical (unpaired) electrons. The van der Waals surface area contributed by atoms with E-state index >= 15 is 0 Å². The van der Waals surface area contributed by atoms with E-state index in [4.69, 9.17) is 15.2 Å². The van der Waals surface area contributed by atoms with E-state index in [0.717, 1.165) is 32.5 Å². The minimum absolute atomic E-state index is 0.213. The van der Waals surface area contributed by atoms with Crippen LogP contribution in [0.25, 0.3) is 0 Å². The summed E-state index contributed by atoms with van der Waals surface area (Å²) in [4.78, 5) is 0. The predicted octanol–water partition coefficient (Wildman–Crippen LogP) is 3.01. The smallest absolute Gasteiger partial charge is 0.0685 e. The van der Waals surface area contributed by atoms with Gasteiger partial charge in [-0.3, -0.25) is 0 Å². The zero-order valence-corrected chi connectivity index (χ0v) is 12.1. The number of nitrogens with two attached hydrogens (primary N) is 1. The summed E-state index contributed by atoms with van der Waals surface area (Å²) < 4.78 is 11.8. The van der Waals surface area contributed by atoms with E-state index in [9.17, 15) is 0 Å². The molecule has 2 heterocycles. The van der Waals surface area contributed by atoms with E-state index in [0.29, 0.717) is 18.1 Å². The van der Waals surface area contributed by atoms with Crippen molar-refractivity contribution in [3.63, 3.8) is 0 Å². The topological polar surface area (TPSA) is 44.5 Å². The summed E-state index contributed by atoms with van der Waals surface area (Å²) >= 11 is 0. The number of rotatable bonds is 4. The van der Waals surface area contributed by atoms with E-state index < -0.39 is 0 Å². The fraction of sp³-hybridized carbons (Fsp3) is 1.00. The zero-order valence-electron chi connectivity index (χ0n) is 12.1. The van der Waals surface area contributed by atoms with E-state index in [1.54, 1.807) is 0 Å². The summed E-state index contributed by atoms with van der Waals surface area (Å²) in [5, 5.41) is 0. The molecule has 3 fully saturated rings. The van der Waals surface area contributed by atoms with Gasteiger partial charge in [0.15, 0.2) is 0 Å². The van der Waals surface area contributed by atoms with Crippen molar-refractivity contribution in [2.24, 2.45) is 11.7 Å². The SMILES string of the molecule is NC(CCC1CCCO1)C1CCOC2(CCCC2)C1. The summed E-state index contributed by atoms with van der Waals surface area (Å²) in [6.45, 7) is 1.89. The molecule has 2 aliphatic heterocycles. The quantitative estimate of drug-likeness (QED) is 0.851. The molecule has 0 bridgehead atoms. The Hall–Kier alpha value is -0.120. The molecule has 0 aromatic carbocycles. The predicted molar refractivity (Wildman–Crippen MR) is 76.1 cm³/mol. The molecule has 19 heavy (non-hydrogen) atoms. The maximum atomic E-state index is 6.47. The molecule has 1 aliphatic carbocycles. The molecule has 0 amide bonds. The highest BCUT2D eigenvalue weighted by Gasteiger charge is 2.41. The van der Waals surface area contributed by atoms with Crippen LogP contribution in [0.4, 0.5) is 0 Å². The van der Waals surface area contributed by atoms with Crippen LogP contribution >= 0.6 is 0 Å². The van der Waals surface area contributed by atoms with Crippen LogP contribution in [0.1, 0.15) is 64.2 Å². The zero-order chi connectivity index (χ0) is 13.1. The standard InChI is InChI=1S/C16H29NO2/c17-15(6-5-14-4-3-10-18-14)13-7-11-19-16(12-13)8-1-2-9-16/h13-15H,1-12,17H2. The van der Waals surface area contributed by atoms with Gasteiger partial charge in [-0.05, 0) is 57.3 Å². The summed E-state index contributed by atoms with van der Waals surface area (Å²) in [5.41, 5.74) is 6.68. The van der Waals surface area contributed by atoms with Gasteiger partial charge in [0.2, 0.25) is 0 Å². The second-order valence-electron chi connectivity index (χ2n) is 6.87. The van der Waals surface area contributed by atoms with Gasteiger partial charge in [-0.2, -0.15) is 0 Å². The third-order valence-electron chi connectivity index (χ3n) is 5.50. The summed E-state index contributed by atoms with van der Waals surface area (Å²) in [6.07, 6.45) is 12.8. The Morgan fingerprint density at radius 3 is 2.68 bits per heavy atom. The molecular formula is C16H29NO2. The molecule has 3 heteroatoms. The first kappa shape index (κ1) is 13.8. The van der Waals surface area contributed by atoms with Crippen LogP contribution in [0.5, 0.6) is 0 Å². The van der Waals surface area contributed by atoms with Gasteiger partial charge in [-0.1, -0.05) is 12.8 Å². The highest BCUT2D eigenvalue weighted by molar-refractivity contribution is 4.93. The second kappa shape index (κ2) is 6.11. The molecule has 110 valence electrons. The van der Waals surface area contributed by atoms with Crippen LogP contribution in [-0.4, -0.2) is 31.0 Å². The molecule has 3 nitrogen and oxygen atoms in total. The maximum Gasteiger partial charge on any atom is 0.0685 e. The Labute approximate surface area is 117 Å². The van der Waals surface area contributed by atoms with E-state index in [1.165, 1.54) is 44.9 Å². The van der Waals surface area contributed by atoms with Gasteiger partial charge in [0.1, 0.15) is 0 Å². The van der Waals surface area contributed by atoms with Crippen molar-refractivity contribution in [2.75, 3.05) is 13.2 Å². The Kier molecular flexibility index (Phi) is 4.45. The molecule has 1 saturated carbocycles. The lowest BCUT2D eigenvalue weighted by molar-refractivity contribution is -0.0967. The molecule has 3 aliphatic rings. The average Bonchev–Trinajstić information content (AvgIpc) is 3.08. The third kappa shape index (κ3) is 3.32. The molecule has 0 aromatic rings. The lowest BCUT2D eigenvalue weighted by atomic mass is 9.79. The highest BCUT2D eigenvalue weighted by atomic mass is 16.5. The fourth-order valence-corrected chi connectivity index (χ4v) is 4.28. The molecule has 3 rings (SSSR count). The highest BCUT2D eigenvalue weighted by Crippen LogP contribution is 2.43. The molecule has 3 atom stereocenters. The van der Waals surface area contributed by atoms with Crippen LogP contribution in [0, 0.1) is 5.92 Å². The van der Waals surface area contributed by atoms with Crippen molar-refractivity contribution in [1.29, 1.82) is 0 Å². The summed E-state index contributed by atoms with van der Waals surface area (Å²) in [5.74, 6) is 0.674. The fourth-order valence-electron chi connectivity index (χ4n) is 4.28. The van der Waals surface area contributed by atoms with Gasteiger partial charge in [-0.25, -0.2) is 0 Å². The van der Waals surface area contributed by atoms with E-state index in [2.05, 4.69) is 0 Å². The summed E-state index contributed by atoms with van der Waals surface area (Å²) in [6, 6.07) is 0.352. The van der Waals surface area contributed by atoms with Crippen LogP contribution in [0.2, 0.25) is 0 Å². The average molecular weight is 267 g/mol. The molecule has 2 N–H and O–H groups in total. The van der Waals surface area contributed by atoms with Gasteiger partial charge >= 0.3 is 0 Å². The largest absolute Gasteiger partial charge is 0.378 e. The van der Waals surface area contributed by atoms with Gasteiger partial charge in [-0.15, -0.1) is 0 Å².